The van der Waals surface area contributed by atoms with Crippen LogP contribution in [0.25, 0.3) is 10.9 Å². The van der Waals surface area contributed by atoms with Gasteiger partial charge in [-0.2, -0.15) is 0 Å². The van der Waals surface area contributed by atoms with Crippen LogP contribution in [0.2, 0.25) is 0 Å². The number of nitrogens with zero attached hydrogens (tertiary/aromatic N) is 2. The lowest BCUT2D eigenvalue weighted by molar-refractivity contribution is -0.133. The summed E-state index contributed by atoms with van der Waals surface area (Å²) >= 11 is 0. The molecule has 2 rings (SSSR count). The van der Waals surface area contributed by atoms with Gasteiger partial charge in [0.05, 0.1) is 12.6 Å². The predicted molar refractivity (Wildman–Crippen MR) is 167 cm³/mol. The average molecular weight is 614 g/mol. The third-order valence-corrected chi connectivity index (χ3v) is 6.57. The second kappa shape index (κ2) is 17.7. The van der Waals surface area contributed by atoms with Gasteiger partial charge in [-0.05, 0) is 44.2 Å². The maximum atomic E-state index is 13.1. The standard InChI is InChI=1S/C28H43N11O5/c1-16(40)23(13-18-14-35-20-8-4-3-7-19(18)20)38-24(42)15-36-25(43)21(9-5-11-33-27(29)30)39-26(44)22(37-17(2)41)10-6-12-34-28(31)32/h3-4,7-8,14,21-23,35H,5-6,9-13,15H2,1-2H3,(H,36,43)(H,37,41)(H,38,42)(H,39,44)(H4,29,30,33)(H4,31,32,34)/t21-,22-,23-/m0/s1. The molecule has 0 aliphatic heterocycles. The predicted octanol–water partition coefficient (Wildman–Crippen LogP) is -2.00. The minimum atomic E-state index is -1.08. The van der Waals surface area contributed by atoms with Crippen LogP contribution in [0.3, 0.4) is 0 Å². The van der Waals surface area contributed by atoms with Gasteiger partial charge in [-0.3, -0.25) is 34.0 Å². The van der Waals surface area contributed by atoms with Gasteiger partial charge in [-0.15, -0.1) is 0 Å². The third-order valence-electron chi connectivity index (χ3n) is 6.57. The Balaban J connectivity index is 2.05. The smallest absolute Gasteiger partial charge is 0.243 e. The van der Waals surface area contributed by atoms with Crippen LogP contribution in [-0.2, 0) is 30.4 Å². The number of aromatic amines is 1. The van der Waals surface area contributed by atoms with E-state index in [0.717, 1.165) is 16.5 Å². The van der Waals surface area contributed by atoms with Gasteiger partial charge in [0.2, 0.25) is 23.6 Å². The minimum Gasteiger partial charge on any atom is -0.370 e. The Morgan fingerprint density at radius 2 is 1.39 bits per heavy atom. The summed E-state index contributed by atoms with van der Waals surface area (Å²) in [6.45, 7) is 2.64. The third kappa shape index (κ3) is 12.4. The quantitative estimate of drug-likeness (QED) is 0.0510. The highest BCUT2D eigenvalue weighted by atomic mass is 16.2. The van der Waals surface area contributed by atoms with E-state index in [1.807, 2.05) is 24.3 Å². The van der Waals surface area contributed by atoms with E-state index in [4.69, 9.17) is 22.9 Å². The molecule has 4 amide bonds. The van der Waals surface area contributed by atoms with Gasteiger partial charge in [0.25, 0.3) is 0 Å². The van der Waals surface area contributed by atoms with E-state index in [9.17, 15) is 24.0 Å². The SMILES string of the molecule is CC(=O)N[C@@H](CCCN=C(N)N)C(=O)N[C@@H](CCCN=C(N)N)C(=O)NCC(=O)N[C@@H](Cc1c[nH]c2ccccc12)C(C)=O. The zero-order chi connectivity index (χ0) is 32.6. The van der Waals surface area contributed by atoms with E-state index in [1.54, 1.807) is 6.20 Å². The first-order valence-electron chi connectivity index (χ1n) is 14.2. The fourth-order valence-electron chi connectivity index (χ4n) is 4.42. The number of hydrogen-bond donors (Lipinski definition) is 9. The molecule has 0 saturated carbocycles. The normalized spacial score (nSPS) is 12.7. The number of H-pyrrole nitrogens is 1. The number of ketones is 1. The molecule has 0 saturated heterocycles. The van der Waals surface area contributed by atoms with Crippen LogP contribution in [0.15, 0.2) is 40.4 Å². The number of amides is 4. The van der Waals surface area contributed by atoms with Crippen LogP contribution in [0.1, 0.15) is 45.1 Å². The molecular formula is C28H43N11O5. The van der Waals surface area contributed by atoms with Crippen LogP contribution in [-0.4, -0.2) is 84.1 Å². The summed E-state index contributed by atoms with van der Waals surface area (Å²) in [5, 5.41) is 11.3. The first kappa shape index (κ1) is 35.0. The number of rotatable bonds is 18. The molecule has 0 unspecified atom stereocenters. The number of aromatic nitrogens is 1. The van der Waals surface area contributed by atoms with E-state index >= 15 is 0 Å². The topological polar surface area (TPSA) is 278 Å². The first-order chi connectivity index (χ1) is 20.9. The maximum absolute atomic E-state index is 13.1. The van der Waals surface area contributed by atoms with Crippen molar-refractivity contribution in [2.45, 2.75) is 64.1 Å². The Bertz CT molecular complexity index is 1360. The number of hydrogen-bond acceptors (Lipinski definition) is 7. The molecule has 3 atom stereocenters. The number of guanidine groups is 2. The number of fused-ring (bicyclic) bond motifs is 1. The molecule has 0 aliphatic carbocycles. The van der Waals surface area contributed by atoms with Gasteiger partial charge in [-0.25, -0.2) is 0 Å². The molecule has 0 radical (unpaired) electrons. The average Bonchev–Trinajstić information content (AvgIpc) is 3.36. The zero-order valence-electron chi connectivity index (χ0n) is 25.0. The molecular weight excluding hydrogens is 570 g/mol. The Hall–Kier alpha value is -5.15. The molecule has 1 aromatic carbocycles. The number of carbonyl (C=O) groups excluding carboxylic acids is 5. The summed E-state index contributed by atoms with van der Waals surface area (Å²) in [6.07, 6.45) is 3.10. The summed E-state index contributed by atoms with van der Waals surface area (Å²) in [5.41, 5.74) is 23.2. The van der Waals surface area contributed by atoms with Gasteiger partial charge < -0.3 is 49.2 Å². The Morgan fingerprint density at radius 1 is 0.795 bits per heavy atom. The summed E-state index contributed by atoms with van der Waals surface area (Å²) < 4.78 is 0. The number of aliphatic imine (C=N–C) groups is 2. The van der Waals surface area contributed by atoms with E-state index in [1.165, 1.54) is 13.8 Å². The molecule has 13 N–H and O–H groups in total. The Morgan fingerprint density at radius 3 is 1.95 bits per heavy atom. The lowest BCUT2D eigenvalue weighted by atomic mass is 10.0. The molecule has 0 aliphatic rings. The molecule has 2 aromatic rings. The highest BCUT2D eigenvalue weighted by molar-refractivity contribution is 5.94. The molecule has 44 heavy (non-hydrogen) atoms. The number of para-hydroxylation sites is 1. The summed E-state index contributed by atoms with van der Waals surface area (Å²) in [6, 6.07) is 4.75. The zero-order valence-corrected chi connectivity index (χ0v) is 25.0. The summed E-state index contributed by atoms with van der Waals surface area (Å²) in [5.74, 6) is -2.73. The molecule has 0 spiro atoms. The highest BCUT2D eigenvalue weighted by Crippen LogP contribution is 2.19. The van der Waals surface area contributed by atoms with Crippen molar-refractivity contribution in [1.82, 2.24) is 26.3 Å². The number of benzene rings is 1. The van der Waals surface area contributed by atoms with Gasteiger partial charge in [0.1, 0.15) is 12.1 Å². The molecule has 0 fully saturated rings. The van der Waals surface area contributed by atoms with Gasteiger partial charge in [0.15, 0.2) is 17.7 Å². The van der Waals surface area contributed by atoms with Crippen LogP contribution in [0, 0.1) is 0 Å². The molecule has 16 nitrogen and oxygen atoms in total. The van der Waals surface area contributed by atoms with E-state index in [2.05, 4.69) is 36.2 Å². The number of nitrogens with one attached hydrogen (secondary N) is 5. The monoisotopic (exact) mass is 613 g/mol. The molecule has 1 heterocycles. The van der Waals surface area contributed by atoms with Crippen molar-refractivity contribution in [3.05, 3.63) is 36.0 Å². The largest absolute Gasteiger partial charge is 0.370 e. The van der Waals surface area contributed by atoms with Crippen LogP contribution < -0.4 is 44.2 Å². The van der Waals surface area contributed by atoms with Crippen molar-refractivity contribution in [3.63, 3.8) is 0 Å². The molecule has 240 valence electrons. The van der Waals surface area contributed by atoms with Crippen molar-refractivity contribution < 1.29 is 24.0 Å². The van der Waals surface area contributed by atoms with Gasteiger partial charge in [-0.1, -0.05) is 18.2 Å². The number of Topliss-reactive ketones (excluding diaryl/α,β-unsaturated/α-hetero) is 1. The van der Waals surface area contributed by atoms with Crippen LogP contribution >= 0.6 is 0 Å². The van der Waals surface area contributed by atoms with Crippen molar-refractivity contribution in [1.29, 1.82) is 0 Å². The van der Waals surface area contributed by atoms with Crippen molar-refractivity contribution >= 4 is 52.2 Å². The van der Waals surface area contributed by atoms with Crippen LogP contribution in [0.5, 0.6) is 0 Å². The molecule has 1 aromatic heterocycles. The van der Waals surface area contributed by atoms with Gasteiger partial charge in [0, 0.05) is 43.5 Å². The van der Waals surface area contributed by atoms with Crippen molar-refractivity contribution in [2.24, 2.45) is 32.9 Å². The molecule has 0 bridgehead atoms. The van der Waals surface area contributed by atoms with Crippen LogP contribution in [0.4, 0.5) is 0 Å². The first-order valence-corrected chi connectivity index (χ1v) is 14.2. The van der Waals surface area contributed by atoms with E-state index in [0.29, 0.717) is 12.8 Å². The Kier molecular flexibility index (Phi) is 14.1. The molecule has 16 heteroatoms. The fourth-order valence-corrected chi connectivity index (χ4v) is 4.42. The maximum Gasteiger partial charge on any atom is 0.243 e. The highest BCUT2D eigenvalue weighted by Gasteiger charge is 2.27. The minimum absolute atomic E-state index is 0.0975. The lowest BCUT2D eigenvalue weighted by Crippen LogP contribution is -2.54. The summed E-state index contributed by atoms with van der Waals surface area (Å²) in [4.78, 5) is 73.9. The number of nitrogens with two attached hydrogens (primary N) is 4. The Labute approximate surface area is 255 Å². The van der Waals surface area contributed by atoms with Crippen molar-refractivity contribution in [3.8, 4) is 0 Å². The number of carbonyl (C=O) groups is 5. The second-order valence-electron chi connectivity index (χ2n) is 10.2. The lowest BCUT2D eigenvalue weighted by Gasteiger charge is -2.23. The fraction of sp³-hybridized carbons (Fsp3) is 0.464. The van der Waals surface area contributed by atoms with Crippen molar-refractivity contribution in [2.75, 3.05) is 19.6 Å². The second-order valence-corrected chi connectivity index (χ2v) is 10.2. The van der Waals surface area contributed by atoms with E-state index < -0.39 is 48.3 Å². The summed E-state index contributed by atoms with van der Waals surface area (Å²) in [7, 11) is 0. The van der Waals surface area contributed by atoms with Gasteiger partial charge >= 0.3 is 0 Å². The van der Waals surface area contributed by atoms with E-state index in [-0.39, 0.29) is 50.1 Å².